The molecule has 2 N–H and O–H groups in total. The van der Waals surface area contributed by atoms with Gasteiger partial charge in [0.15, 0.2) is 0 Å². The van der Waals surface area contributed by atoms with Crippen LogP contribution >= 0.6 is 15.9 Å². The van der Waals surface area contributed by atoms with E-state index < -0.39 is 0 Å². The highest BCUT2D eigenvalue weighted by Gasteiger charge is 2.14. The summed E-state index contributed by atoms with van der Waals surface area (Å²) in [5.41, 5.74) is 0.816. The molecule has 0 bridgehead atoms. The van der Waals surface area contributed by atoms with Crippen molar-refractivity contribution in [3.05, 3.63) is 34.1 Å². The van der Waals surface area contributed by atoms with Crippen LogP contribution in [0.1, 0.15) is 18.4 Å². The normalized spacial score (nSPS) is 16.3. The first-order valence-corrected chi connectivity index (χ1v) is 7.36. The first-order chi connectivity index (χ1) is 9.15. The average Bonchev–Trinajstić information content (AvgIpc) is 2.42. The van der Waals surface area contributed by atoms with Crippen molar-refractivity contribution in [2.45, 2.75) is 19.3 Å². The molecular weight excluding hydrogens is 311 g/mol. The van der Waals surface area contributed by atoms with E-state index in [1.807, 2.05) is 0 Å². The largest absolute Gasteiger partial charge is 0.356 e. The zero-order chi connectivity index (χ0) is 13.7. The molecule has 0 radical (unpaired) electrons. The molecule has 1 aliphatic rings. The van der Waals surface area contributed by atoms with E-state index in [0.717, 1.165) is 38.0 Å². The summed E-state index contributed by atoms with van der Waals surface area (Å²) in [5.74, 6) is 0.265. The van der Waals surface area contributed by atoms with Crippen LogP contribution in [0.5, 0.6) is 0 Å². The number of nitrogens with one attached hydrogen (secondary N) is 2. The van der Waals surface area contributed by atoms with E-state index in [1.54, 1.807) is 12.1 Å². The van der Waals surface area contributed by atoms with Gasteiger partial charge in [-0.15, -0.1) is 0 Å². The molecule has 104 valence electrons. The van der Waals surface area contributed by atoms with Crippen molar-refractivity contribution in [1.29, 1.82) is 0 Å². The number of rotatable bonds is 4. The van der Waals surface area contributed by atoms with Crippen LogP contribution in [-0.4, -0.2) is 25.5 Å². The highest BCUT2D eigenvalue weighted by Crippen LogP contribution is 2.17. The van der Waals surface area contributed by atoms with E-state index in [-0.39, 0.29) is 11.7 Å². The van der Waals surface area contributed by atoms with Crippen LogP contribution in [0.15, 0.2) is 22.7 Å². The van der Waals surface area contributed by atoms with Crippen molar-refractivity contribution in [2.24, 2.45) is 5.92 Å². The lowest BCUT2D eigenvalue weighted by atomic mass is 9.98. The maximum Gasteiger partial charge on any atom is 0.224 e. The topological polar surface area (TPSA) is 41.1 Å². The Labute approximate surface area is 121 Å². The molecule has 0 unspecified atom stereocenters. The molecule has 2 rings (SSSR count). The summed E-state index contributed by atoms with van der Waals surface area (Å²) in [6, 6.07) is 4.67. The van der Waals surface area contributed by atoms with Crippen molar-refractivity contribution in [3.63, 3.8) is 0 Å². The number of carbonyl (C=O) groups is 1. The maximum atomic E-state index is 13.1. The minimum Gasteiger partial charge on any atom is -0.356 e. The minimum atomic E-state index is -0.307. The number of carbonyl (C=O) groups excluding carboxylic acids is 1. The molecule has 0 saturated carbocycles. The summed E-state index contributed by atoms with van der Waals surface area (Å²) >= 11 is 3.12. The van der Waals surface area contributed by atoms with Crippen molar-refractivity contribution in [1.82, 2.24) is 10.6 Å². The molecule has 1 aromatic rings. The smallest absolute Gasteiger partial charge is 0.224 e. The lowest BCUT2D eigenvalue weighted by Crippen LogP contribution is -2.36. The number of halogens is 2. The van der Waals surface area contributed by atoms with Gasteiger partial charge in [-0.2, -0.15) is 0 Å². The molecule has 1 aromatic carbocycles. The Balaban J connectivity index is 1.78. The van der Waals surface area contributed by atoms with Gasteiger partial charge in [0, 0.05) is 6.54 Å². The number of amides is 1. The first kappa shape index (κ1) is 14.5. The third kappa shape index (κ3) is 4.58. The molecule has 1 fully saturated rings. The van der Waals surface area contributed by atoms with E-state index >= 15 is 0 Å². The fourth-order valence-electron chi connectivity index (χ4n) is 2.24. The van der Waals surface area contributed by atoms with Crippen LogP contribution in [0.3, 0.4) is 0 Å². The Morgan fingerprint density at radius 2 is 2.16 bits per heavy atom. The SMILES string of the molecule is O=C(Cc1ccc(F)c(Br)c1)NCC1CCNCC1. The van der Waals surface area contributed by atoms with Crippen molar-refractivity contribution in [3.8, 4) is 0 Å². The summed E-state index contributed by atoms with van der Waals surface area (Å²) in [6.45, 7) is 2.81. The summed E-state index contributed by atoms with van der Waals surface area (Å²) in [4.78, 5) is 11.8. The Bertz CT molecular complexity index is 447. The van der Waals surface area contributed by atoms with Crippen LogP contribution in [0, 0.1) is 11.7 Å². The Morgan fingerprint density at radius 3 is 2.84 bits per heavy atom. The van der Waals surface area contributed by atoms with E-state index in [2.05, 4.69) is 26.6 Å². The van der Waals surface area contributed by atoms with Crippen LogP contribution in [-0.2, 0) is 11.2 Å². The summed E-state index contributed by atoms with van der Waals surface area (Å²) in [7, 11) is 0. The predicted octanol–water partition coefficient (Wildman–Crippen LogP) is 2.25. The molecule has 3 nitrogen and oxygen atoms in total. The minimum absolute atomic E-state index is 0.00274. The fraction of sp³-hybridized carbons (Fsp3) is 0.500. The molecule has 5 heteroatoms. The van der Waals surface area contributed by atoms with Crippen LogP contribution < -0.4 is 10.6 Å². The molecule has 1 aliphatic heterocycles. The lowest BCUT2D eigenvalue weighted by molar-refractivity contribution is -0.120. The molecule has 19 heavy (non-hydrogen) atoms. The second-order valence-electron chi connectivity index (χ2n) is 4.92. The number of benzene rings is 1. The van der Waals surface area contributed by atoms with Gasteiger partial charge < -0.3 is 10.6 Å². The van der Waals surface area contributed by atoms with Crippen molar-refractivity contribution < 1.29 is 9.18 Å². The quantitative estimate of drug-likeness (QED) is 0.890. The van der Waals surface area contributed by atoms with Gasteiger partial charge in [0.1, 0.15) is 5.82 Å². The molecule has 1 saturated heterocycles. The van der Waals surface area contributed by atoms with E-state index in [1.165, 1.54) is 6.07 Å². The van der Waals surface area contributed by atoms with Crippen LogP contribution in [0.4, 0.5) is 4.39 Å². The average molecular weight is 329 g/mol. The van der Waals surface area contributed by atoms with Crippen LogP contribution in [0.25, 0.3) is 0 Å². The predicted molar refractivity (Wildman–Crippen MR) is 76.4 cm³/mol. The van der Waals surface area contributed by atoms with E-state index in [9.17, 15) is 9.18 Å². The zero-order valence-electron chi connectivity index (χ0n) is 10.7. The summed E-state index contributed by atoms with van der Waals surface area (Å²) in [5, 5.41) is 6.26. The van der Waals surface area contributed by atoms with Gasteiger partial charge >= 0.3 is 0 Å². The zero-order valence-corrected chi connectivity index (χ0v) is 12.3. The molecule has 1 amide bonds. The van der Waals surface area contributed by atoms with Gasteiger partial charge in [-0.25, -0.2) is 4.39 Å². The summed E-state index contributed by atoms with van der Waals surface area (Å²) < 4.78 is 13.5. The van der Waals surface area contributed by atoms with Gasteiger partial charge in [0.25, 0.3) is 0 Å². The lowest BCUT2D eigenvalue weighted by Gasteiger charge is -2.22. The van der Waals surface area contributed by atoms with E-state index in [0.29, 0.717) is 16.8 Å². The van der Waals surface area contributed by atoms with Gasteiger partial charge in [-0.3, -0.25) is 4.79 Å². The van der Waals surface area contributed by atoms with Gasteiger partial charge in [-0.05, 0) is 65.5 Å². The Kier molecular flexibility index (Phi) is 5.34. The second-order valence-corrected chi connectivity index (χ2v) is 5.78. The summed E-state index contributed by atoms with van der Waals surface area (Å²) in [6.07, 6.45) is 2.52. The van der Waals surface area contributed by atoms with Crippen molar-refractivity contribution >= 4 is 21.8 Å². The Hall–Kier alpha value is -0.940. The van der Waals surface area contributed by atoms with Crippen LogP contribution in [0.2, 0.25) is 0 Å². The molecule has 0 spiro atoms. The first-order valence-electron chi connectivity index (χ1n) is 6.56. The third-order valence-electron chi connectivity index (χ3n) is 3.40. The molecule has 1 heterocycles. The monoisotopic (exact) mass is 328 g/mol. The maximum absolute atomic E-state index is 13.1. The molecule has 0 aromatic heterocycles. The third-order valence-corrected chi connectivity index (χ3v) is 4.00. The van der Waals surface area contributed by atoms with Gasteiger partial charge in [-0.1, -0.05) is 6.07 Å². The Morgan fingerprint density at radius 1 is 1.42 bits per heavy atom. The number of piperidine rings is 1. The highest BCUT2D eigenvalue weighted by atomic mass is 79.9. The fourth-order valence-corrected chi connectivity index (χ4v) is 2.67. The number of hydrogen-bond donors (Lipinski definition) is 2. The van der Waals surface area contributed by atoms with Gasteiger partial charge in [0.05, 0.1) is 10.9 Å². The van der Waals surface area contributed by atoms with E-state index in [4.69, 9.17) is 0 Å². The second kappa shape index (κ2) is 7.01. The van der Waals surface area contributed by atoms with Gasteiger partial charge in [0.2, 0.25) is 5.91 Å². The van der Waals surface area contributed by atoms with Crippen molar-refractivity contribution in [2.75, 3.05) is 19.6 Å². The highest BCUT2D eigenvalue weighted by molar-refractivity contribution is 9.10. The molecule has 0 atom stereocenters. The standard InChI is InChI=1S/C14H18BrFN2O/c15-12-7-11(1-2-13(12)16)8-14(19)18-9-10-3-5-17-6-4-10/h1-2,7,10,17H,3-6,8-9H2,(H,18,19). The molecule has 0 aliphatic carbocycles. The molecular formula is C14H18BrFN2O. The number of hydrogen-bond acceptors (Lipinski definition) is 2.